The molecule has 0 aliphatic carbocycles. The van der Waals surface area contributed by atoms with Gasteiger partial charge >= 0.3 is 0 Å². The van der Waals surface area contributed by atoms with Crippen LogP contribution < -0.4 is 5.32 Å². The van der Waals surface area contributed by atoms with Crippen molar-refractivity contribution >= 4 is 23.2 Å². The van der Waals surface area contributed by atoms with Crippen LogP contribution in [0.25, 0.3) is 0 Å². The fraction of sp³-hybridized carbons (Fsp3) is 0.412. The second-order valence-corrected chi connectivity index (χ2v) is 6.80. The highest BCUT2D eigenvalue weighted by molar-refractivity contribution is 6.32. The molecule has 0 bridgehead atoms. The molecule has 8 nitrogen and oxygen atoms in total. The van der Waals surface area contributed by atoms with Crippen molar-refractivity contribution in [3.63, 3.8) is 0 Å². The third-order valence-electron chi connectivity index (χ3n) is 4.33. The van der Waals surface area contributed by atoms with Crippen LogP contribution in [0.1, 0.15) is 49.7 Å². The number of amides is 1. The van der Waals surface area contributed by atoms with Crippen LogP contribution >= 0.6 is 11.6 Å². The molecule has 3 aromatic heterocycles. The Labute approximate surface area is 173 Å². The van der Waals surface area contributed by atoms with E-state index in [1.165, 1.54) is 13.1 Å². The first-order valence-electron chi connectivity index (χ1n) is 8.90. The minimum atomic E-state index is -3.18. The van der Waals surface area contributed by atoms with Crippen LogP contribution in [0.5, 0.6) is 0 Å². The van der Waals surface area contributed by atoms with E-state index in [1.54, 1.807) is 21.8 Å². The average molecular weight is 448 g/mol. The second-order valence-electron chi connectivity index (χ2n) is 6.43. The van der Waals surface area contributed by atoms with Gasteiger partial charge in [-0.2, -0.15) is 15.3 Å². The van der Waals surface area contributed by atoms with Crippen molar-refractivity contribution in [2.75, 3.05) is 5.32 Å². The molecule has 1 amide bonds. The van der Waals surface area contributed by atoms with Gasteiger partial charge in [0.1, 0.15) is 17.4 Å². The summed E-state index contributed by atoms with van der Waals surface area (Å²) in [5.41, 5.74) is -0.718. The number of nitrogens with one attached hydrogen (secondary N) is 1. The maximum Gasteiger partial charge on any atom is 0.283 e. The minimum Gasteiger partial charge on any atom is -0.322 e. The van der Waals surface area contributed by atoms with E-state index in [9.17, 15) is 22.4 Å². The topological polar surface area (TPSA) is 82.6 Å². The molecule has 3 heterocycles. The largest absolute Gasteiger partial charge is 0.322 e. The van der Waals surface area contributed by atoms with Crippen molar-refractivity contribution in [1.82, 2.24) is 29.3 Å². The first kappa shape index (κ1) is 21.8. The molecule has 0 spiro atoms. The van der Waals surface area contributed by atoms with Gasteiger partial charge in [0.2, 0.25) is 5.91 Å². The van der Waals surface area contributed by atoms with Gasteiger partial charge in [0.15, 0.2) is 0 Å². The fourth-order valence-electron chi connectivity index (χ4n) is 2.80. The van der Waals surface area contributed by atoms with E-state index in [1.807, 2.05) is 13.1 Å². The molecule has 1 N–H and O–H groups in total. The Morgan fingerprint density at radius 2 is 1.83 bits per heavy atom. The molecule has 13 heteroatoms. The molecule has 0 saturated carbocycles. The number of alkyl halides is 4. The Bertz CT molecular complexity index is 1030. The lowest BCUT2D eigenvalue weighted by molar-refractivity contribution is -0.119. The van der Waals surface area contributed by atoms with E-state index in [0.717, 1.165) is 12.1 Å². The molecule has 3 rings (SSSR count). The van der Waals surface area contributed by atoms with E-state index in [2.05, 4.69) is 20.6 Å². The zero-order valence-corrected chi connectivity index (χ0v) is 16.7. The van der Waals surface area contributed by atoms with Crippen LogP contribution in [0.4, 0.5) is 23.2 Å². The minimum absolute atomic E-state index is 0.306. The first-order chi connectivity index (χ1) is 14.2. The molecule has 0 saturated heterocycles. The van der Waals surface area contributed by atoms with Gasteiger partial charge in [0.05, 0.1) is 29.6 Å². The number of halogens is 5. The molecule has 1 unspecified atom stereocenters. The monoisotopic (exact) mass is 447 g/mol. The number of carbonyl (C=O) groups is 1. The Morgan fingerprint density at radius 3 is 2.43 bits per heavy atom. The zero-order chi connectivity index (χ0) is 22.0. The Hall–Kier alpha value is -2.89. The molecule has 0 aliphatic rings. The van der Waals surface area contributed by atoms with E-state index in [4.69, 9.17) is 11.6 Å². The van der Waals surface area contributed by atoms with Gasteiger partial charge in [-0.1, -0.05) is 11.6 Å². The molecule has 1 atom stereocenters. The van der Waals surface area contributed by atoms with Crippen LogP contribution in [0.2, 0.25) is 5.02 Å². The number of aromatic nitrogens is 6. The number of nitrogens with zero attached hydrogens (tertiary/aromatic N) is 6. The third kappa shape index (κ3) is 4.48. The number of hydrogen-bond donors (Lipinski definition) is 1. The molecule has 162 valence electrons. The fourth-order valence-corrected chi connectivity index (χ4v) is 3.09. The van der Waals surface area contributed by atoms with Gasteiger partial charge in [0.25, 0.3) is 12.9 Å². The van der Waals surface area contributed by atoms with Crippen molar-refractivity contribution in [1.29, 1.82) is 0 Å². The van der Waals surface area contributed by atoms with Crippen LogP contribution in [-0.4, -0.2) is 35.2 Å². The van der Waals surface area contributed by atoms with Crippen molar-refractivity contribution in [2.24, 2.45) is 0 Å². The number of hydrogen-bond acceptors (Lipinski definition) is 4. The molecular weight excluding hydrogens is 430 g/mol. The Kier molecular flexibility index (Phi) is 6.44. The van der Waals surface area contributed by atoms with E-state index >= 15 is 0 Å². The van der Waals surface area contributed by atoms with Gasteiger partial charge in [-0.25, -0.2) is 22.2 Å². The molecule has 30 heavy (non-hydrogen) atoms. The van der Waals surface area contributed by atoms with Gasteiger partial charge in [-0.05, 0) is 13.8 Å². The summed E-state index contributed by atoms with van der Waals surface area (Å²) in [5, 5.41) is 13.4. The Morgan fingerprint density at radius 1 is 1.13 bits per heavy atom. The summed E-state index contributed by atoms with van der Waals surface area (Å²) >= 11 is 5.63. The van der Waals surface area contributed by atoms with Crippen LogP contribution in [0, 0.1) is 0 Å². The molecule has 3 aromatic rings. The van der Waals surface area contributed by atoms with Gasteiger partial charge in [0, 0.05) is 24.5 Å². The van der Waals surface area contributed by atoms with E-state index in [0.29, 0.717) is 16.9 Å². The maximum atomic E-state index is 13.3. The summed E-state index contributed by atoms with van der Waals surface area (Å²) < 4.78 is 56.4. The number of anilines is 1. The second kappa shape index (κ2) is 8.86. The SMILES string of the molecule is CCn1cc(Cn2cc(NC(=O)C(C)n3nc(C(F)F)c(Cl)c3C(F)F)cn2)cn1. The lowest BCUT2D eigenvalue weighted by Gasteiger charge is -2.14. The molecule has 0 aliphatic heterocycles. The van der Waals surface area contributed by atoms with Crippen LogP contribution in [-0.2, 0) is 17.9 Å². The summed E-state index contributed by atoms with van der Waals surface area (Å²) in [6.45, 7) is 4.34. The van der Waals surface area contributed by atoms with Crippen LogP contribution in [0.3, 0.4) is 0 Å². The summed E-state index contributed by atoms with van der Waals surface area (Å²) in [7, 11) is 0. The molecule has 0 fully saturated rings. The number of rotatable bonds is 8. The summed E-state index contributed by atoms with van der Waals surface area (Å²) in [6, 6.07) is -1.31. The predicted molar refractivity (Wildman–Crippen MR) is 99.7 cm³/mol. The molecular formula is C17H18ClF4N7O. The smallest absolute Gasteiger partial charge is 0.283 e. The van der Waals surface area contributed by atoms with Crippen molar-refractivity contribution in [2.45, 2.75) is 45.8 Å². The first-order valence-corrected chi connectivity index (χ1v) is 9.27. The lowest BCUT2D eigenvalue weighted by Crippen LogP contribution is -2.26. The molecule has 0 aromatic carbocycles. The third-order valence-corrected chi connectivity index (χ3v) is 4.72. The lowest BCUT2D eigenvalue weighted by atomic mass is 10.3. The quantitative estimate of drug-likeness (QED) is 0.528. The maximum absolute atomic E-state index is 13.3. The number of carbonyl (C=O) groups excluding carboxylic acids is 1. The normalized spacial score (nSPS) is 12.7. The molecule has 0 radical (unpaired) electrons. The number of aryl methyl sites for hydroxylation is 1. The summed E-state index contributed by atoms with van der Waals surface area (Å²) in [6.07, 6.45) is 0.142. The van der Waals surface area contributed by atoms with Crippen LogP contribution in [0.15, 0.2) is 24.8 Å². The summed E-state index contributed by atoms with van der Waals surface area (Å²) in [4.78, 5) is 12.5. The zero-order valence-electron chi connectivity index (χ0n) is 15.9. The van der Waals surface area contributed by atoms with Gasteiger partial charge in [-0.3, -0.25) is 14.2 Å². The highest BCUT2D eigenvalue weighted by Crippen LogP contribution is 2.36. The van der Waals surface area contributed by atoms with E-state index in [-0.39, 0.29) is 0 Å². The highest BCUT2D eigenvalue weighted by Gasteiger charge is 2.31. The van der Waals surface area contributed by atoms with Crippen molar-refractivity contribution in [3.05, 3.63) is 46.8 Å². The Balaban J connectivity index is 1.73. The highest BCUT2D eigenvalue weighted by atomic mass is 35.5. The van der Waals surface area contributed by atoms with Gasteiger partial charge in [-0.15, -0.1) is 0 Å². The van der Waals surface area contributed by atoms with Crippen molar-refractivity contribution < 1.29 is 22.4 Å². The summed E-state index contributed by atoms with van der Waals surface area (Å²) in [5.74, 6) is -0.741. The van der Waals surface area contributed by atoms with Crippen molar-refractivity contribution in [3.8, 4) is 0 Å². The standard InChI is InChI=1S/C17H18ClF4N7O/c1-3-27-6-10(4-23-27)7-28-8-11(5-24-28)25-17(30)9(2)29-14(16(21)22)12(18)13(26-29)15(19)20/h4-6,8-9,15-16H,3,7H2,1-2H3,(H,25,30). The average Bonchev–Trinajstić information content (AvgIpc) is 3.40. The van der Waals surface area contributed by atoms with Gasteiger partial charge < -0.3 is 5.32 Å². The van der Waals surface area contributed by atoms with E-state index < -0.39 is 41.2 Å². The predicted octanol–water partition coefficient (Wildman–Crippen LogP) is 4.07.